The maximum absolute atomic E-state index is 14.9. The van der Waals surface area contributed by atoms with Crippen LogP contribution in [0.15, 0.2) is 0 Å². The second kappa shape index (κ2) is 41.2. The van der Waals surface area contributed by atoms with Gasteiger partial charge in [0.05, 0.1) is 13.2 Å². The van der Waals surface area contributed by atoms with E-state index in [1.807, 2.05) is 0 Å². The number of fused-ring (bicyclic) bond motifs is 3. The van der Waals surface area contributed by atoms with Gasteiger partial charge in [-0.15, -0.1) is 0 Å². The quantitative estimate of drug-likeness (QED) is 0.0129. The number of rotatable bonds is 43. The highest BCUT2D eigenvalue weighted by molar-refractivity contribution is 7.45. The number of phosphoric ester groups is 1. The Labute approximate surface area is 571 Å². The molecule has 4 aliphatic heterocycles. The van der Waals surface area contributed by atoms with Gasteiger partial charge >= 0.3 is 18.0 Å². The monoisotopic (exact) mass is 1390 g/mol. The number of carbonyl (C=O) groups excluding carboxylic acids is 3. The molecular weight excluding hydrogens is 1270 g/mol. The van der Waals surface area contributed by atoms with Gasteiger partial charge in [-0.05, 0) is 59.3 Å². The van der Waals surface area contributed by atoms with Crippen LogP contribution in [0.2, 0.25) is 0 Å². The highest BCUT2D eigenvalue weighted by Gasteiger charge is 2.68. The summed E-state index contributed by atoms with van der Waals surface area (Å²) in [6, 6.07) is -1.65. The number of esters is 2. The predicted molar refractivity (Wildman–Crippen MR) is 350 cm³/mol. The number of aliphatic hydroxyl groups excluding tert-OH is 5. The maximum atomic E-state index is 14.9. The number of nitrogens with one attached hydrogen (secondary N) is 1. The Hall–Kier alpha value is -2.24. The number of unbranched alkanes of at least 4 members (excludes halogenated alkanes) is 24. The van der Waals surface area contributed by atoms with E-state index in [9.17, 15) is 49.4 Å². The molecule has 4 saturated heterocycles. The van der Waals surface area contributed by atoms with Crippen molar-refractivity contribution in [2.45, 2.75) is 400 Å². The van der Waals surface area contributed by atoms with Crippen LogP contribution in [-0.4, -0.2) is 191 Å². The van der Waals surface area contributed by atoms with Crippen LogP contribution >= 0.6 is 7.82 Å². The standard InChI is InChI=1S/C70H125N2O23P/c1-6-8-10-12-14-16-18-20-22-24-26-28-32-38-51(74)83-46-48(85-52(75)39-33-29-27-25-23-21-19-17-15-13-11-9-7-2)47-84-96(81,82)95-64-59(60-61(91-69(90-60)40-34-30-35-41-69)62-63(64)93-70(92-62)42-36-31-37-43-70)89-65-53(72-67(80)94-68(3,4)5)55(77)58(49(44-71)86-65)88-66-57(79)56(78)54(76)50(45-73)87-66/h48-50,53-66,73,76-79H,6-47,71H2,1-5H3,(H,72,80)(H,81,82)/t48-,49-,50-,53-,54-,55-,56+,57+,58-,59-,60-,61+,62-,63-,64+,65-,66-/m1/s1. The Bertz CT molecular complexity index is 2270. The number of amides is 1. The van der Waals surface area contributed by atoms with Crippen LogP contribution in [0.25, 0.3) is 0 Å². The Morgan fingerprint density at radius 1 is 0.552 bits per heavy atom. The minimum atomic E-state index is -5.61. The zero-order valence-corrected chi connectivity index (χ0v) is 59.6. The minimum absolute atomic E-state index is 0.0549. The lowest BCUT2D eigenvalue weighted by molar-refractivity contribution is -0.423. The maximum Gasteiger partial charge on any atom is 0.408 e. The lowest BCUT2D eigenvalue weighted by Gasteiger charge is -2.49. The topological polar surface area (TPSA) is 352 Å². The predicted octanol–water partition coefficient (Wildman–Crippen LogP) is 8.97. The normalized spacial score (nSPS) is 31.9. The van der Waals surface area contributed by atoms with Gasteiger partial charge in [0.2, 0.25) is 0 Å². The molecule has 0 aromatic rings. The molecular formula is C70H125N2O23P. The van der Waals surface area contributed by atoms with Gasteiger partial charge in [0.25, 0.3) is 7.82 Å². The summed E-state index contributed by atoms with van der Waals surface area (Å²) in [7, 11) is -5.61. The van der Waals surface area contributed by atoms with E-state index in [1.165, 1.54) is 103 Å². The van der Waals surface area contributed by atoms with Crippen molar-refractivity contribution >= 4 is 25.9 Å². The van der Waals surface area contributed by atoms with Crippen LogP contribution in [0.4, 0.5) is 4.79 Å². The van der Waals surface area contributed by atoms with E-state index in [1.54, 1.807) is 20.8 Å². The van der Waals surface area contributed by atoms with Crippen molar-refractivity contribution in [3.05, 3.63) is 0 Å². The van der Waals surface area contributed by atoms with Crippen molar-refractivity contribution in [1.82, 2.24) is 5.32 Å². The number of aliphatic hydroxyl groups is 5. The summed E-state index contributed by atoms with van der Waals surface area (Å²) in [5, 5.41) is 57.5. The average molecular weight is 1390 g/mol. The van der Waals surface area contributed by atoms with Crippen molar-refractivity contribution in [2.24, 2.45) is 0 Å². The fourth-order valence-corrected chi connectivity index (χ4v) is 15.7. The van der Waals surface area contributed by atoms with Gasteiger partial charge in [0.1, 0.15) is 104 Å². The van der Waals surface area contributed by atoms with E-state index in [0.29, 0.717) is 38.5 Å². The molecule has 0 aromatic heterocycles. The Balaban J connectivity index is 1.09. The molecule has 96 heavy (non-hydrogen) atoms. The molecule has 3 saturated carbocycles. The van der Waals surface area contributed by atoms with E-state index in [4.69, 9.17) is 61.2 Å². The molecule has 1 unspecified atom stereocenters. The van der Waals surface area contributed by atoms with Gasteiger partial charge in [-0.25, -0.2) is 4.79 Å². The van der Waals surface area contributed by atoms with Crippen LogP contribution in [-0.2, 0) is 75.3 Å². The Kier molecular flexibility index (Phi) is 34.8. The number of hydrogen-bond acceptors (Lipinski definition) is 23. The molecule has 0 aromatic carbocycles. The molecule has 1 amide bonds. The van der Waals surface area contributed by atoms with E-state index < -0.39 is 167 Å². The van der Waals surface area contributed by atoms with Crippen LogP contribution in [0.5, 0.6) is 0 Å². The molecule has 3 aliphatic carbocycles. The molecule has 7 aliphatic rings. The van der Waals surface area contributed by atoms with Gasteiger partial charge in [-0.2, -0.15) is 0 Å². The number of ether oxygens (including phenoxy) is 11. The first-order valence-electron chi connectivity index (χ1n) is 37.6. The number of carbonyl (C=O) groups is 3. The molecule has 7 fully saturated rings. The van der Waals surface area contributed by atoms with Crippen molar-refractivity contribution in [3.8, 4) is 0 Å². The molecule has 558 valence electrons. The van der Waals surface area contributed by atoms with E-state index >= 15 is 0 Å². The number of quaternary nitrogens is 1. The molecule has 0 radical (unpaired) electrons. The third-order valence-electron chi connectivity index (χ3n) is 20.0. The first kappa shape index (κ1) is 81.1. The van der Waals surface area contributed by atoms with E-state index in [-0.39, 0.29) is 19.4 Å². The van der Waals surface area contributed by atoms with Gasteiger partial charge in [0.15, 0.2) is 30.3 Å². The first-order valence-corrected chi connectivity index (χ1v) is 39.0. The highest BCUT2D eigenvalue weighted by Crippen LogP contribution is 2.55. The van der Waals surface area contributed by atoms with Crippen LogP contribution in [0.3, 0.4) is 0 Å². The minimum Gasteiger partial charge on any atom is -0.756 e. The van der Waals surface area contributed by atoms with Crippen molar-refractivity contribution in [1.29, 1.82) is 0 Å². The van der Waals surface area contributed by atoms with Crippen LogP contribution in [0, 0.1) is 0 Å². The van der Waals surface area contributed by atoms with Crippen molar-refractivity contribution in [2.75, 3.05) is 26.4 Å². The van der Waals surface area contributed by atoms with Crippen LogP contribution in [0.1, 0.15) is 279 Å². The fourth-order valence-electron chi connectivity index (χ4n) is 14.7. The van der Waals surface area contributed by atoms with Crippen molar-refractivity contribution < 1.29 is 116 Å². The molecule has 4 heterocycles. The molecule has 7 rings (SSSR count). The molecule has 25 nitrogen and oxygen atoms in total. The van der Waals surface area contributed by atoms with Gasteiger partial charge in [-0.3, -0.25) is 14.2 Å². The van der Waals surface area contributed by atoms with E-state index in [0.717, 1.165) is 89.9 Å². The lowest BCUT2D eigenvalue weighted by atomic mass is 9.84. The fraction of sp³-hybridized carbons (Fsp3) is 0.957. The molecule has 0 bridgehead atoms. The first-order chi connectivity index (χ1) is 46.1. The molecule has 18 atom stereocenters. The smallest absolute Gasteiger partial charge is 0.408 e. The highest BCUT2D eigenvalue weighted by atomic mass is 31.2. The largest absolute Gasteiger partial charge is 0.756 e. The van der Waals surface area contributed by atoms with E-state index in [2.05, 4.69) is 24.9 Å². The molecule has 2 spiro atoms. The summed E-state index contributed by atoms with van der Waals surface area (Å²) in [4.78, 5) is 55.7. The molecule has 9 N–H and O–H groups in total. The number of hydrogen-bond donors (Lipinski definition) is 7. The number of alkyl carbamates (subject to hydrolysis) is 1. The summed E-state index contributed by atoms with van der Waals surface area (Å²) in [5.41, 5.74) is 2.97. The SMILES string of the molecule is CCCCCCCCCCCCCCCC(=O)OC[C@H](COP(=O)([O-])O[C@H]1[C@H](O[C@H]2O[C@H](C[NH3+])[C@@H](O[C@H]3O[C@H](CO)[C@@H](O)[C@H](O)[C@@H]3O)[C@H](O)[C@H]2NC(=O)OC(C)(C)C)[C@H]2OC3(CCCCC3)O[C@@H]2[C@H]2OC3(CCCCC3)O[C@H]21)OC(=O)CCCCCCCCCCCCCCC. The Morgan fingerprint density at radius 2 is 0.990 bits per heavy atom. The zero-order chi connectivity index (χ0) is 69.1. The van der Waals surface area contributed by atoms with Crippen molar-refractivity contribution in [3.63, 3.8) is 0 Å². The zero-order valence-electron chi connectivity index (χ0n) is 58.8. The summed E-state index contributed by atoms with van der Waals surface area (Å²) in [6.07, 6.45) is 11.4. The van der Waals surface area contributed by atoms with Gasteiger partial charge < -0.3 is 103 Å². The van der Waals surface area contributed by atoms with Crippen LogP contribution < -0.4 is 15.9 Å². The van der Waals surface area contributed by atoms with Gasteiger partial charge in [0, 0.05) is 38.5 Å². The number of phosphoric acid groups is 1. The third-order valence-corrected chi connectivity index (χ3v) is 21.0. The second-order valence-corrected chi connectivity index (χ2v) is 30.6. The lowest BCUT2D eigenvalue weighted by Crippen LogP contribution is -2.73. The summed E-state index contributed by atoms with van der Waals surface area (Å²) < 4.78 is 97.3. The summed E-state index contributed by atoms with van der Waals surface area (Å²) in [5.74, 6) is -3.46. The van der Waals surface area contributed by atoms with Gasteiger partial charge in [-0.1, -0.05) is 181 Å². The average Bonchev–Trinajstić information content (AvgIpc) is 1.55. The summed E-state index contributed by atoms with van der Waals surface area (Å²) >= 11 is 0. The second-order valence-electron chi connectivity index (χ2n) is 29.3. The molecule has 26 heteroatoms. The Morgan fingerprint density at radius 3 is 1.46 bits per heavy atom. The summed E-state index contributed by atoms with van der Waals surface area (Å²) in [6.45, 7) is 7.13. The third kappa shape index (κ3) is 25.3.